The minimum atomic E-state index is 0.560. The van der Waals surface area contributed by atoms with Gasteiger partial charge in [0, 0.05) is 25.2 Å². The molecule has 1 saturated heterocycles. The summed E-state index contributed by atoms with van der Waals surface area (Å²) in [6.45, 7) is 4.75. The first kappa shape index (κ1) is 12.2. The molecule has 4 heteroatoms. The van der Waals surface area contributed by atoms with E-state index in [2.05, 4.69) is 21.3 Å². The fourth-order valence-corrected chi connectivity index (χ4v) is 2.38. The van der Waals surface area contributed by atoms with Crippen LogP contribution < -0.4 is 15.0 Å². The summed E-state index contributed by atoms with van der Waals surface area (Å²) in [5.41, 5.74) is 0. The lowest BCUT2D eigenvalue weighted by Gasteiger charge is -2.25. The van der Waals surface area contributed by atoms with E-state index in [1.54, 1.807) is 0 Å². The Hall–Kier alpha value is -1.29. The quantitative estimate of drug-likeness (QED) is 0.842. The SMILES string of the molecule is CCOc1cccc(N2CCCC2CNC)n1. The number of rotatable bonds is 5. The number of ether oxygens (including phenoxy) is 1. The van der Waals surface area contributed by atoms with Crippen LogP contribution in [0, 0.1) is 0 Å². The minimum Gasteiger partial charge on any atom is -0.478 e. The van der Waals surface area contributed by atoms with Gasteiger partial charge in [0.2, 0.25) is 5.88 Å². The van der Waals surface area contributed by atoms with E-state index in [1.165, 1.54) is 12.8 Å². The fourth-order valence-electron chi connectivity index (χ4n) is 2.38. The van der Waals surface area contributed by atoms with E-state index in [9.17, 15) is 0 Å². The predicted octanol–water partition coefficient (Wildman–Crippen LogP) is 1.67. The highest BCUT2D eigenvalue weighted by Crippen LogP contribution is 2.24. The zero-order chi connectivity index (χ0) is 12.1. The van der Waals surface area contributed by atoms with Crippen molar-refractivity contribution in [1.29, 1.82) is 0 Å². The van der Waals surface area contributed by atoms with Gasteiger partial charge in [0.25, 0.3) is 0 Å². The van der Waals surface area contributed by atoms with Gasteiger partial charge in [0.15, 0.2) is 0 Å². The van der Waals surface area contributed by atoms with E-state index >= 15 is 0 Å². The standard InChI is InChI=1S/C13H21N3O/c1-3-17-13-8-4-7-12(15-13)16-9-5-6-11(16)10-14-2/h4,7-8,11,14H,3,5-6,9-10H2,1-2H3. The van der Waals surface area contributed by atoms with Crippen molar-refractivity contribution in [2.24, 2.45) is 0 Å². The normalized spacial score (nSPS) is 19.6. The van der Waals surface area contributed by atoms with Crippen LogP contribution in [-0.2, 0) is 0 Å². The summed E-state index contributed by atoms with van der Waals surface area (Å²) in [5.74, 6) is 1.76. The average molecular weight is 235 g/mol. The molecule has 0 spiro atoms. The third kappa shape index (κ3) is 2.88. The van der Waals surface area contributed by atoms with Gasteiger partial charge in [-0.05, 0) is 32.9 Å². The molecular weight excluding hydrogens is 214 g/mol. The van der Waals surface area contributed by atoms with Crippen LogP contribution in [-0.4, -0.2) is 37.8 Å². The Kier molecular flexibility index (Phi) is 4.20. The Morgan fingerprint density at radius 2 is 2.41 bits per heavy atom. The van der Waals surface area contributed by atoms with E-state index in [0.29, 0.717) is 12.6 Å². The highest BCUT2D eigenvalue weighted by atomic mass is 16.5. The van der Waals surface area contributed by atoms with Crippen molar-refractivity contribution in [2.45, 2.75) is 25.8 Å². The Morgan fingerprint density at radius 3 is 3.18 bits per heavy atom. The molecule has 1 aliphatic rings. The van der Waals surface area contributed by atoms with Crippen LogP contribution in [0.1, 0.15) is 19.8 Å². The number of likely N-dealkylation sites (N-methyl/N-ethyl adjacent to an activating group) is 1. The van der Waals surface area contributed by atoms with Gasteiger partial charge in [-0.2, -0.15) is 4.98 Å². The van der Waals surface area contributed by atoms with Crippen LogP contribution in [0.5, 0.6) is 5.88 Å². The van der Waals surface area contributed by atoms with Crippen molar-refractivity contribution >= 4 is 5.82 Å². The third-order valence-electron chi connectivity index (χ3n) is 3.11. The van der Waals surface area contributed by atoms with Gasteiger partial charge in [0.1, 0.15) is 5.82 Å². The van der Waals surface area contributed by atoms with Gasteiger partial charge in [-0.25, -0.2) is 0 Å². The molecular formula is C13H21N3O. The fraction of sp³-hybridized carbons (Fsp3) is 0.615. The Balaban J connectivity index is 2.12. The molecule has 1 aromatic rings. The molecule has 0 saturated carbocycles. The summed E-state index contributed by atoms with van der Waals surface area (Å²) in [5, 5.41) is 3.25. The molecule has 2 heterocycles. The summed E-state index contributed by atoms with van der Waals surface area (Å²) in [6.07, 6.45) is 2.48. The number of aromatic nitrogens is 1. The molecule has 17 heavy (non-hydrogen) atoms. The van der Waals surface area contributed by atoms with Crippen LogP contribution in [0.3, 0.4) is 0 Å². The number of hydrogen-bond acceptors (Lipinski definition) is 4. The average Bonchev–Trinajstić information content (AvgIpc) is 2.79. The smallest absolute Gasteiger partial charge is 0.215 e. The molecule has 0 radical (unpaired) electrons. The maximum absolute atomic E-state index is 5.45. The van der Waals surface area contributed by atoms with Crippen LogP contribution >= 0.6 is 0 Å². The third-order valence-corrected chi connectivity index (χ3v) is 3.11. The summed E-state index contributed by atoms with van der Waals surface area (Å²) in [6, 6.07) is 6.55. The van der Waals surface area contributed by atoms with Crippen molar-refractivity contribution in [3.63, 3.8) is 0 Å². The molecule has 0 bridgehead atoms. The molecule has 1 atom stereocenters. The largest absolute Gasteiger partial charge is 0.478 e. The summed E-state index contributed by atoms with van der Waals surface area (Å²) in [7, 11) is 2.00. The lowest BCUT2D eigenvalue weighted by molar-refractivity contribution is 0.327. The molecule has 1 aromatic heterocycles. The maximum atomic E-state index is 5.45. The van der Waals surface area contributed by atoms with Crippen LogP contribution in [0.4, 0.5) is 5.82 Å². The number of pyridine rings is 1. The zero-order valence-electron chi connectivity index (χ0n) is 10.6. The first-order valence-corrected chi connectivity index (χ1v) is 6.36. The summed E-state index contributed by atoms with van der Waals surface area (Å²) in [4.78, 5) is 6.93. The minimum absolute atomic E-state index is 0.560. The van der Waals surface area contributed by atoms with E-state index in [4.69, 9.17) is 4.74 Å². The molecule has 0 aliphatic carbocycles. The topological polar surface area (TPSA) is 37.4 Å². The van der Waals surface area contributed by atoms with Crippen LogP contribution in [0.2, 0.25) is 0 Å². The van der Waals surface area contributed by atoms with Crippen LogP contribution in [0.25, 0.3) is 0 Å². The number of nitrogens with zero attached hydrogens (tertiary/aromatic N) is 2. The second-order valence-electron chi connectivity index (χ2n) is 4.31. The van der Waals surface area contributed by atoms with Gasteiger partial charge in [-0.15, -0.1) is 0 Å². The second kappa shape index (κ2) is 5.87. The van der Waals surface area contributed by atoms with Gasteiger partial charge < -0.3 is 15.0 Å². The molecule has 1 fully saturated rings. The second-order valence-corrected chi connectivity index (χ2v) is 4.31. The number of anilines is 1. The Bertz CT molecular complexity index is 356. The molecule has 4 nitrogen and oxygen atoms in total. The Morgan fingerprint density at radius 1 is 1.53 bits per heavy atom. The molecule has 94 valence electrons. The zero-order valence-corrected chi connectivity index (χ0v) is 10.6. The van der Waals surface area contributed by atoms with Gasteiger partial charge >= 0.3 is 0 Å². The van der Waals surface area contributed by atoms with E-state index in [0.717, 1.165) is 24.8 Å². The lowest BCUT2D eigenvalue weighted by Crippen LogP contribution is -2.37. The summed E-state index contributed by atoms with van der Waals surface area (Å²) >= 11 is 0. The number of hydrogen-bond donors (Lipinski definition) is 1. The summed E-state index contributed by atoms with van der Waals surface area (Å²) < 4.78 is 5.45. The van der Waals surface area contributed by atoms with Crippen molar-refractivity contribution < 1.29 is 4.74 Å². The predicted molar refractivity (Wildman–Crippen MR) is 69.7 cm³/mol. The number of nitrogens with one attached hydrogen (secondary N) is 1. The highest BCUT2D eigenvalue weighted by molar-refractivity contribution is 5.43. The molecule has 1 aliphatic heterocycles. The Labute approximate surface area is 103 Å². The molecule has 2 rings (SSSR count). The maximum Gasteiger partial charge on any atom is 0.215 e. The van der Waals surface area contributed by atoms with Crippen molar-refractivity contribution in [3.05, 3.63) is 18.2 Å². The van der Waals surface area contributed by atoms with Gasteiger partial charge in [-0.3, -0.25) is 0 Å². The van der Waals surface area contributed by atoms with Crippen molar-refractivity contribution in [3.8, 4) is 5.88 Å². The van der Waals surface area contributed by atoms with Gasteiger partial charge in [-0.1, -0.05) is 6.07 Å². The van der Waals surface area contributed by atoms with Crippen molar-refractivity contribution in [1.82, 2.24) is 10.3 Å². The highest BCUT2D eigenvalue weighted by Gasteiger charge is 2.24. The first-order valence-electron chi connectivity index (χ1n) is 6.36. The monoisotopic (exact) mass is 235 g/mol. The molecule has 0 aromatic carbocycles. The van der Waals surface area contributed by atoms with Crippen molar-refractivity contribution in [2.75, 3.05) is 31.6 Å². The molecule has 1 N–H and O–H groups in total. The van der Waals surface area contributed by atoms with E-state index in [1.807, 2.05) is 26.1 Å². The van der Waals surface area contributed by atoms with Crippen LogP contribution in [0.15, 0.2) is 18.2 Å². The van der Waals surface area contributed by atoms with Gasteiger partial charge in [0.05, 0.1) is 6.61 Å². The van der Waals surface area contributed by atoms with E-state index < -0.39 is 0 Å². The molecule has 0 amide bonds. The van der Waals surface area contributed by atoms with E-state index in [-0.39, 0.29) is 0 Å². The first-order chi connectivity index (χ1) is 8.35. The molecule has 1 unspecified atom stereocenters. The lowest BCUT2D eigenvalue weighted by atomic mass is 10.2.